The van der Waals surface area contributed by atoms with E-state index in [1.807, 2.05) is 18.2 Å². The van der Waals surface area contributed by atoms with Crippen molar-refractivity contribution in [3.8, 4) is 5.88 Å². The average Bonchev–Trinajstić information content (AvgIpc) is 2.71. The molecule has 1 aliphatic rings. The van der Waals surface area contributed by atoms with Crippen LogP contribution >= 0.6 is 0 Å². The fourth-order valence-corrected chi connectivity index (χ4v) is 3.16. The maximum Gasteiger partial charge on any atom is 0.260 e. The topological polar surface area (TPSA) is 76.4 Å². The number of fused-ring (bicyclic) bond motifs is 1. The first-order valence-electron chi connectivity index (χ1n) is 8.48. The van der Waals surface area contributed by atoms with Crippen LogP contribution in [-0.2, 0) is 7.05 Å². The summed E-state index contributed by atoms with van der Waals surface area (Å²) in [6.45, 7) is 3.32. The standard InChI is InChI=1S/C18H20N6O2/c1-22-12-20-15-11-13(3-4-14(15)17(22)25)23-7-9-24(10-8-23)18-19-6-5-16(21-18)26-2/h3-6,11-12H,7-10H2,1-2H3. The SMILES string of the molecule is COc1ccnc(N2CCN(c3ccc4c(=O)n(C)cnc4c3)CC2)n1. The van der Waals surface area contributed by atoms with Crippen LogP contribution in [0.1, 0.15) is 0 Å². The highest BCUT2D eigenvalue weighted by Crippen LogP contribution is 2.22. The van der Waals surface area contributed by atoms with Gasteiger partial charge in [-0.25, -0.2) is 9.97 Å². The molecule has 8 nitrogen and oxygen atoms in total. The molecular weight excluding hydrogens is 332 g/mol. The Balaban J connectivity index is 1.52. The fourth-order valence-electron chi connectivity index (χ4n) is 3.16. The number of aromatic nitrogens is 4. The number of methoxy groups -OCH3 is 1. The summed E-state index contributed by atoms with van der Waals surface area (Å²) in [5, 5.41) is 0.641. The van der Waals surface area contributed by atoms with Crippen LogP contribution < -0.4 is 20.1 Å². The molecule has 8 heteroatoms. The lowest BCUT2D eigenvalue weighted by molar-refractivity contribution is 0.396. The highest BCUT2D eigenvalue weighted by atomic mass is 16.5. The van der Waals surface area contributed by atoms with Crippen LogP contribution in [-0.4, -0.2) is 52.8 Å². The van der Waals surface area contributed by atoms with Gasteiger partial charge in [0.05, 0.1) is 24.3 Å². The summed E-state index contributed by atoms with van der Waals surface area (Å²) >= 11 is 0. The molecule has 0 aliphatic carbocycles. The maximum absolute atomic E-state index is 12.1. The van der Waals surface area contributed by atoms with Crippen molar-refractivity contribution in [1.29, 1.82) is 0 Å². The lowest BCUT2D eigenvalue weighted by atomic mass is 10.2. The van der Waals surface area contributed by atoms with Crippen LogP contribution in [0.5, 0.6) is 5.88 Å². The molecule has 0 bridgehead atoms. The molecule has 1 aromatic carbocycles. The number of hydrogen-bond acceptors (Lipinski definition) is 7. The molecule has 134 valence electrons. The van der Waals surface area contributed by atoms with E-state index in [4.69, 9.17) is 4.74 Å². The second-order valence-electron chi connectivity index (χ2n) is 6.24. The molecule has 0 saturated carbocycles. The van der Waals surface area contributed by atoms with Gasteiger partial charge in [0.2, 0.25) is 11.8 Å². The largest absolute Gasteiger partial charge is 0.481 e. The van der Waals surface area contributed by atoms with Crippen LogP contribution in [0.3, 0.4) is 0 Å². The van der Waals surface area contributed by atoms with Gasteiger partial charge in [-0.1, -0.05) is 0 Å². The second-order valence-corrected chi connectivity index (χ2v) is 6.24. The van der Waals surface area contributed by atoms with Gasteiger partial charge in [-0.3, -0.25) is 4.79 Å². The Morgan fingerprint density at radius 1 is 1.04 bits per heavy atom. The van der Waals surface area contributed by atoms with Crippen molar-refractivity contribution in [3.63, 3.8) is 0 Å². The molecule has 0 unspecified atom stereocenters. The minimum atomic E-state index is -0.0263. The van der Waals surface area contributed by atoms with Crippen molar-refractivity contribution in [3.05, 3.63) is 47.1 Å². The number of rotatable bonds is 3. The molecule has 3 aromatic rings. The smallest absolute Gasteiger partial charge is 0.260 e. The summed E-state index contributed by atoms with van der Waals surface area (Å²) in [5.74, 6) is 1.26. The summed E-state index contributed by atoms with van der Waals surface area (Å²) < 4.78 is 6.67. The summed E-state index contributed by atoms with van der Waals surface area (Å²) in [7, 11) is 3.31. The minimum Gasteiger partial charge on any atom is -0.481 e. The molecule has 0 N–H and O–H groups in total. The van der Waals surface area contributed by atoms with Crippen molar-refractivity contribution in [1.82, 2.24) is 19.5 Å². The molecule has 0 spiro atoms. The van der Waals surface area contributed by atoms with E-state index in [1.165, 1.54) is 4.57 Å². The van der Waals surface area contributed by atoms with Crippen molar-refractivity contribution in [2.45, 2.75) is 0 Å². The number of hydrogen-bond donors (Lipinski definition) is 0. The van der Waals surface area contributed by atoms with Gasteiger partial charge < -0.3 is 19.1 Å². The molecule has 1 fully saturated rings. The molecule has 4 rings (SSSR count). The lowest BCUT2D eigenvalue weighted by Crippen LogP contribution is -2.47. The molecule has 1 aliphatic heterocycles. The van der Waals surface area contributed by atoms with E-state index in [0.717, 1.165) is 37.4 Å². The molecule has 2 aromatic heterocycles. The van der Waals surface area contributed by atoms with Crippen molar-refractivity contribution < 1.29 is 4.74 Å². The molecule has 1 saturated heterocycles. The fraction of sp³-hybridized carbons (Fsp3) is 0.333. The van der Waals surface area contributed by atoms with Gasteiger partial charge in [0.1, 0.15) is 0 Å². The van der Waals surface area contributed by atoms with Crippen molar-refractivity contribution >= 4 is 22.5 Å². The first-order valence-corrected chi connectivity index (χ1v) is 8.48. The normalized spacial score (nSPS) is 14.7. The Bertz CT molecular complexity index is 994. The molecular formula is C18H20N6O2. The first kappa shape index (κ1) is 16.3. The first-order chi connectivity index (χ1) is 12.7. The number of aryl methyl sites for hydroxylation is 1. The van der Waals surface area contributed by atoms with Gasteiger partial charge in [-0.2, -0.15) is 4.98 Å². The third-order valence-corrected chi connectivity index (χ3v) is 4.66. The van der Waals surface area contributed by atoms with Gasteiger partial charge >= 0.3 is 0 Å². The van der Waals surface area contributed by atoms with Gasteiger partial charge in [0, 0.05) is 51.2 Å². The van der Waals surface area contributed by atoms with E-state index < -0.39 is 0 Å². The Hall–Kier alpha value is -3.16. The summed E-state index contributed by atoms with van der Waals surface area (Å²) in [4.78, 5) is 29.7. The Morgan fingerprint density at radius 2 is 1.81 bits per heavy atom. The number of ether oxygens (including phenoxy) is 1. The monoisotopic (exact) mass is 352 g/mol. The highest BCUT2D eigenvalue weighted by molar-refractivity contribution is 5.81. The number of piperazine rings is 1. The number of anilines is 2. The predicted octanol–water partition coefficient (Wildman–Crippen LogP) is 1.06. The van der Waals surface area contributed by atoms with Crippen molar-refractivity contribution in [2.24, 2.45) is 7.05 Å². The molecule has 0 radical (unpaired) electrons. The van der Waals surface area contributed by atoms with Crippen molar-refractivity contribution in [2.75, 3.05) is 43.1 Å². The molecule has 0 atom stereocenters. The predicted molar refractivity (Wildman–Crippen MR) is 100.0 cm³/mol. The molecule has 0 amide bonds. The van der Waals surface area contributed by atoms with Crippen LogP contribution in [0.2, 0.25) is 0 Å². The Kier molecular flexibility index (Phi) is 4.16. The zero-order chi connectivity index (χ0) is 18.1. The maximum atomic E-state index is 12.1. The third kappa shape index (κ3) is 2.94. The summed E-state index contributed by atoms with van der Waals surface area (Å²) in [5.41, 5.74) is 1.77. The minimum absolute atomic E-state index is 0.0263. The lowest BCUT2D eigenvalue weighted by Gasteiger charge is -2.36. The van der Waals surface area contributed by atoms with E-state index in [1.54, 1.807) is 32.7 Å². The second kappa shape index (κ2) is 6.62. The zero-order valence-electron chi connectivity index (χ0n) is 14.8. The van der Waals surface area contributed by atoms with E-state index in [-0.39, 0.29) is 5.56 Å². The van der Waals surface area contributed by atoms with Gasteiger partial charge in [0.25, 0.3) is 5.56 Å². The number of benzene rings is 1. The van der Waals surface area contributed by atoms with E-state index in [9.17, 15) is 4.79 Å². The van der Waals surface area contributed by atoms with E-state index in [0.29, 0.717) is 17.2 Å². The zero-order valence-corrected chi connectivity index (χ0v) is 14.8. The number of nitrogens with zero attached hydrogens (tertiary/aromatic N) is 6. The Labute approximate surface area is 150 Å². The summed E-state index contributed by atoms with van der Waals surface area (Å²) in [6.07, 6.45) is 3.27. The van der Waals surface area contributed by atoms with E-state index in [2.05, 4.69) is 24.8 Å². The van der Waals surface area contributed by atoms with Crippen LogP contribution in [0.25, 0.3) is 10.9 Å². The third-order valence-electron chi connectivity index (χ3n) is 4.66. The van der Waals surface area contributed by atoms with E-state index >= 15 is 0 Å². The van der Waals surface area contributed by atoms with Gasteiger partial charge in [-0.15, -0.1) is 0 Å². The highest BCUT2D eigenvalue weighted by Gasteiger charge is 2.20. The van der Waals surface area contributed by atoms with Gasteiger partial charge in [-0.05, 0) is 18.2 Å². The molecule has 26 heavy (non-hydrogen) atoms. The quantitative estimate of drug-likeness (QED) is 0.697. The molecule has 3 heterocycles. The van der Waals surface area contributed by atoms with Crippen LogP contribution in [0.4, 0.5) is 11.6 Å². The van der Waals surface area contributed by atoms with Crippen LogP contribution in [0.15, 0.2) is 41.6 Å². The van der Waals surface area contributed by atoms with Crippen LogP contribution in [0, 0.1) is 0 Å². The Morgan fingerprint density at radius 3 is 2.58 bits per heavy atom. The average molecular weight is 352 g/mol. The summed E-state index contributed by atoms with van der Waals surface area (Å²) in [6, 6.07) is 7.57. The van der Waals surface area contributed by atoms with Gasteiger partial charge in [0.15, 0.2) is 0 Å².